The van der Waals surface area contributed by atoms with Crippen LogP contribution in [-0.4, -0.2) is 85.6 Å². The monoisotopic (exact) mass is 576 g/mol. The topological polar surface area (TPSA) is 99.6 Å². The maximum atomic E-state index is 13.8. The molecule has 0 bridgehead atoms. The molecular formula is C27H31F3N6O3S. The van der Waals surface area contributed by atoms with Gasteiger partial charge in [-0.25, -0.2) is 23.4 Å². The van der Waals surface area contributed by atoms with Gasteiger partial charge in [-0.15, -0.1) is 0 Å². The van der Waals surface area contributed by atoms with Crippen LogP contribution in [0.15, 0.2) is 48.8 Å². The van der Waals surface area contributed by atoms with Crippen molar-refractivity contribution in [2.75, 3.05) is 50.8 Å². The Morgan fingerprint density at radius 1 is 1.05 bits per heavy atom. The van der Waals surface area contributed by atoms with Crippen LogP contribution in [0.1, 0.15) is 38.6 Å². The minimum Gasteiger partial charge on any atom is -0.336 e. The summed E-state index contributed by atoms with van der Waals surface area (Å²) >= 11 is 0. The van der Waals surface area contributed by atoms with Gasteiger partial charge in [0.15, 0.2) is 0 Å². The first-order valence-electron chi connectivity index (χ1n) is 12.7. The molecule has 4 rings (SSSR count). The number of sulfonamides is 1. The molecule has 0 aliphatic carbocycles. The van der Waals surface area contributed by atoms with Crippen molar-refractivity contribution in [2.45, 2.75) is 25.4 Å². The molecule has 1 amide bonds. The second kappa shape index (κ2) is 11.9. The summed E-state index contributed by atoms with van der Waals surface area (Å²) in [5.74, 6) is 0.247. The lowest BCUT2D eigenvalue weighted by Crippen LogP contribution is -2.47. The van der Waals surface area contributed by atoms with Crippen LogP contribution in [-0.2, 0) is 35.5 Å². The summed E-state index contributed by atoms with van der Waals surface area (Å²) in [5.41, 5.74) is 0.540. The number of carbonyl (C=O) groups is 1. The lowest BCUT2D eigenvalue weighted by Gasteiger charge is -2.32. The van der Waals surface area contributed by atoms with Gasteiger partial charge in [-0.05, 0) is 49.2 Å². The van der Waals surface area contributed by atoms with E-state index < -0.39 is 21.8 Å². The van der Waals surface area contributed by atoms with E-state index in [0.29, 0.717) is 29.8 Å². The Morgan fingerprint density at radius 3 is 2.45 bits per heavy atom. The highest BCUT2D eigenvalue weighted by Crippen LogP contribution is 2.32. The van der Waals surface area contributed by atoms with E-state index in [2.05, 4.69) is 19.9 Å². The van der Waals surface area contributed by atoms with Gasteiger partial charge in [0.25, 0.3) is 5.91 Å². The Balaban J connectivity index is 1.56. The number of likely N-dealkylation sites (N-methyl/N-ethyl adjacent to an activating group) is 1. The van der Waals surface area contributed by atoms with E-state index in [-0.39, 0.29) is 42.5 Å². The second-order valence-electron chi connectivity index (χ2n) is 9.83. The van der Waals surface area contributed by atoms with Crippen molar-refractivity contribution in [3.05, 3.63) is 82.6 Å². The molecule has 9 nitrogen and oxygen atoms in total. The largest absolute Gasteiger partial charge is 0.419 e. The Bertz CT molecular complexity index is 1470. The van der Waals surface area contributed by atoms with E-state index in [1.807, 2.05) is 7.05 Å². The van der Waals surface area contributed by atoms with Crippen LogP contribution < -0.4 is 4.31 Å². The third-order valence-electron chi connectivity index (χ3n) is 6.84. The molecule has 3 heterocycles. The third kappa shape index (κ3) is 7.13. The average Bonchev–Trinajstić information content (AvgIpc) is 2.91. The summed E-state index contributed by atoms with van der Waals surface area (Å²) < 4.78 is 66.5. The standard InChI is InChI=1S/C27H31F3N6O3S/c1-34-12-14-36(15-13-34)26(37)21-7-4-6-19(16-21)17-24-32-18-22(27(28,29)30)23(33-24)10-9-20-8-5-11-31-25(20)35(2)40(3,38)39/h4-8,11,16,18H,9-10,12-15,17H2,1-3H3. The number of amides is 1. The second-order valence-corrected chi connectivity index (χ2v) is 11.8. The molecule has 13 heteroatoms. The van der Waals surface area contributed by atoms with Crippen molar-refractivity contribution >= 4 is 21.7 Å². The van der Waals surface area contributed by atoms with Gasteiger partial charge >= 0.3 is 6.18 Å². The molecule has 1 saturated heterocycles. The molecule has 1 aromatic carbocycles. The summed E-state index contributed by atoms with van der Waals surface area (Å²) in [6.07, 6.45) is -1.32. The minimum atomic E-state index is -4.66. The number of nitrogens with zero attached hydrogens (tertiary/aromatic N) is 6. The van der Waals surface area contributed by atoms with Crippen LogP contribution in [0.4, 0.5) is 19.0 Å². The highest BCUT2D eigenvalue weighted by atomic mass is 32.2. The quantitative estimate of drug-likeness (QED) is 0.407. The average molecular weight is 577 g/mol. The molecule has 0 radical (unpaired) electrons. The van der Waals surface area contributed by atoms with Gasteiger partial charge in [0.2, 0.25) is 10.0 Å². The molecule has 2 aromatic heterocycles. The van der Waals surface area contributed by atoms with Gasteiger partial charge in [0.1, 0.15) is 11.6 Å². The number of carbonyl (C=O) groups excluding carboxylic acids is 1. The maximum absolute atomic E-state index is 13.8. The number of piperazine rings is 1. The van der Waals surface area contributed by atoms with Gasteiger partial charge in [0, 0.05) is 57.6 Å². The molecule has 3 aromatic rings. The molecule has 0 atom stereocenters. The lowest BCUT2D eigenvalue weighted by molar-refractivity contribution is -0.138. The van der Waals surface area contributed by atoms with Gasteiger partial charge in [-0.1, -0.05) is 18.2 Å². The molecule has 0 unspecified atom stereocenters. The van der Waals surface area contributed by atoms with Crippen LogP contribution in [0.2, 0.25) is 0 Å². The first-order chi connectivity index (χ1) is 18.8. The molecule has 1 aliphatic heterocycles. The van der Waals surface area contributed by atoms with Gasteiger partial charge in [-0.2, -0.15) is 13.2 Å². The van der Waals surface area contributed by atoms with Crippen molar-refractivity contribution in [3.63, 3.8) is 0 Å². The van der Waals surface area contributed by atoms with Crippen LogP contribution >= 0.6 is 0 Å². The SMILES string of the molecule is CN1CCN(C(=O)c2cccc(Cc3ncc(C(F)(F)F)c(CCc4cccnc4N(C)S(C)(=O)=O)n3)c2)CC1. The number of aromatic nitrogens is 3. The summed E-state index contributed by atoms with van der Waals surface area (Å²) in [7, 11) is -0.272. The maximum Gasteiger partial charge on any atom is 0.419 e. The number of hydrogen-bond acceptors (Lipinski definition) is 7. The van der Waals surface area contributed by atoms with Crippen molar-refractivity contribution in [2.24, 2.45) is 0 Å². The Labute approximate surface area is 231 Å². The van der Waals surface area contributed by atoms with E-state index >= 15 is 0 Å². The van der Waals surface area contributed by atoms with Crippen molar-refractivity contribution < 1.29 is 26.4 Å². The number of benzene rings is 1. The Hall–Kier alpha value is -3.58. The molecule has 40 heavy (non-hydrogen) atoms. The van der Waals surface area contributed by atoms with E-state index in [1.165, 1.54) is 13.2 Å². The molecule has 1 fully saturated rings. The zero-order chi connectivity index (χ0) is 29.1. The predicted molar refractivity (Wildman–Crippen MR) is 145 cm³/mol. The van der Waals surface area contributed by atoms with Crippen LogP contribution in [0, 0.1) is 0 Å². The van der Waals surface area contributed by atoms with Crippen LogP contribution in [0.25, 0.3) is 0 Å². The molecule has 0 saturated carbocycles. The minimum absolute atomic E-state index is 0.0809. The van der Waals surface area contributed by atoms with Crippen molar-refractivity contribution in [1.29, 1.82) is 0 Å². The predicted octanol–water partition coefficient (Wildman–Crippen LogP) is 3.05. The zero-order valence-corrected chi connectivity index (χ0v) is 23.3. The lowest BCUT2D eigenvalue weighted by atomic mass is 10.0. The zero-order valence-electron chi connectivity index (χ0n) is 22.5. The highest BCUT2D eigenvalue weighted by molar-refractivity contribution is 7.92. The van der Waals surface area contributed by atoms with E-state index in [4.69, 9.17) is 0 Å². The summed E-state index contributed by atoms with van der Waals surface area (Å²) in [4.78, 5) is 29.3. The third-order valence-corrected chi connectivity index (χ3v) is 8.01. The number of alkyl halides is 3. The fourth-order valence-electron chi connectivity index (χ4n) is 4.48. The number of hydrogen-bond donors (Lipinski definition) is 0. The number of rotatable bonds is 8. The van der Waals surface area contributed by atoms with E-state index in [1.54, 1.807) is 41.3 Å². The normalized spacial score (nSPS) is 14.8. The first kappa shape index (κ1) is 29.4. The van der Waals surface area contributed by atoms with E-state index in [0.717, 1.165) is 29.8 Å². The molecule has 214 valence electrons. The number of pyridine rings is 1. The Kier molecular flexibility index (Phi) is 8.74. The van der Waals surface area contributed by atoms with Gasteiger partial charge in [-0.3, -0.25) is 9.10 Å². The summed E-state index contributed by atoms with van der Waals surface area (Å²) in [5, 5.41) is 0. The van der Waals surface area contributed by atoms with Crippen LogP contribution in [0.3, 0.4) is 0 Å². The highest BCUT2D eigenvalue weighted by Gasteiger charge is 2.35. The first-order valence-corrected chi connectivity index (χ1v) is 14.5. The summed E-state index contributed by atoms with van der Waals surface area (Å²) in [6.45, 7) is 2.84. The molecule has 1 aliphatic rings. The van der Waals surface area contributed by atoms with E-state index in [9.17, 15) is 26.4 Å². The smallest absolute Gasteiger partial charge is 0.336 e. The molecular weight excluding hydrogens is 545 g/mol. The summed E-state index contributed by atoms with van der Waals surface area (Å²) in [6, 6.07) is 10.2. The van der Waals surface area contributed by atoms with Gasteiger partial charge in [0.05, 0.1) is 17.5 Å². The molecule has 0 N–H and O–H groups in total. The van der Waals surface area contributed by atoms with Crippen molar-refractivity contribution in [1.82, 2.24) is 24.8 Å². The molecule has 0 spiro atoms. The Morgan fingerprint density at radius 2 is 1.77 bits per heavy atom. The number of aryl methyl sites for hydroxylation is 2. The van der Waals surface area contributed by atoms with Gasteiger partial charge < -0.3 is 9.80 Å². The number of halogens is 3. The fourth-order valence-corrected chi connectivity index (χ4v) is 4.96. The van der Waals surface area contributed by atoms with Crippen LogP contribution in [0.5, 0.6) is 0 Å². The fraction of sp³-hybridized carbons (Fsp3) is 0.407. The number of anilines is 1. The van der Waals surface area contributed by atoms with Crippen molar-refractivity contribution in [3.8, 4) is 0 Å².